The van der Waals surface area contributed by atoms with Crippen LogP contribution < -0.4 is 15.5 Å². The Morgan fingerprint density at radius 1 is 0.909 bits per heavy atom. The molecule has 0 radical (unpaired) electrons. The molecule has 2 N–H and O–H groups in total. The Morgan fingerprint density at radius 3 is 2.48 bits per heavy atom. The van der Waals surface area contributed by atoms with E-state index < -0.39 is 0 Å². The van der Waals surface area contributed by atoms with Gasteiger partial charge in [-0.1, -0.05) is 18.2 Å². The molecule has 1 fully saturated rings. The summed E-state index contributed by atoms with van der Waals surface area (Å²) >= 11 is 0. The number of anilines is 4. The summed E-state index contributed by atoms with van der Waals surface area (Å²) in [5, 5.41) is 7.21. The molecule has 0 saturated carbocycles. The van der Waals surface area contributed by atoms with Crippen molar-refractivity contribution in [1.82, 2.24) is 9.97 Å². The Labute approximate surface area is 192 Å². The summed E-state index contributed by atoms with van der Waals surface area (Å²) in [6, 6.07) is 22.3. The highest BCUT2D eigenvalue weighted by molar-refractivity contribution is 5.94. The van der Waals surface area contributed by atoms with Crippen molar-refractivity contribution in [3.05, 3.63) is 73.1 Å². The zero-order valence-electron chi connectivity index (χ0n) is 18.4. The van der Waals surface area contributed by atoms with Crippen LogP contribution in [-0.4, -0.2) is 42.2 Å². The van der Waals surface area contributed by atoms with Gasteiger partial charge < -0.3 is 20.3 Å². The number of carbonyl (C=O) groups is 1. The average Bonchev–Trinajstić information content (AvgIpc) is 2.85. The number of hydrogen-bond acceptors (Lipinski definition) is 6. The van der Waals surface area contributed by atoms with Gasteiger partial charge in [-0.15, -0.1) is 0 Å². The van der Waals surface area contributed by atoms with E-state index in [0.29, 0.717) is 0 Å². The third-order valence-electron chi connectivity index (χ3n) is 5.66. The van der Waals surface area contributed by atoms with E-state index in [-0.39, 0.29) is 5.91 Å². The van der Waals surface area contributed by atoms with Gasteiger partial charge in [0.05, 0.1) is 18.7 Å². The lowest BCUT2D eigenvalue weighted by Gasteiger charge is -2.28. The van der Waals surface area contributed by atoms with Crippen molar-refractivity contribution in [1.29, 1.82) is 0 Å². The minimum atomic E-state index is -0.0924. The van der Waals surface area contributed by atoms with Gasteiger partial charge in [0.25, 0.3) is 0 Å². The number of ether oxygens (including phenoxy) is 1. The lowest BCUT2D eigenvalue weighted by atomic mass is 10.0. The number of benzene rings is 3. The number of fused-ring (bicyclic) bond motifs is 1. The lowest BCUT2D eigenvalue weighted by Crippen LogP contribution is -2.36. The van der Waals surface area contributed by atoms with E-state index in [4.69, 9.17) is 4.74 Å². The van der Waals surface area contributed by atoms with Gasteiger partial charge in [-0.05, 0) is 59.7 Å². The summed E-state index contributed by atoms with van der Waals surface area (Å²) in [7, 11) is 0. The summed E-state index contributed by atoms with van der Waals surface area (Å²) in [4.78, 5) is 22.7. The van der Waals surface area contributed by atoms with E-state index in [0.717, 1.165) is 65.5 Å². The molecule has 4 aromatic rings. The lowest BCUT2D eigenvalue weighted by molar-refractivity contribution is -0.114. The predicted octanol–water partition coefficient (Wildman–Crippen LogP) is 4.84. The zero-order valence-corrected chi connectivity index (χ0v) is 18.4. The summed E-state index contributed by atoms with van der Waals surface area (Å²) in [6.07, 6.45) is 1.57. The molecule has 0 bridgehead atoms. The highest BCUT2D eigenvalue weighted by Gasteiger charge is 2.12. The molecular formula is C26H25N5O2. The maximum absolute atomic E-state index is 11.4. The standard InChI is InChI=1S/C26H25N5O2/c1-18(32)29-22-4-2-3-19(15-22)20-5-10-25-24(16-20)26(28-17-27-25)30-21-6-8-23(9-7-21)31-11-13-33-14-12-31/h2-10,15-17H,11-14H2,1H3,(H,29,32)(H,27,28,30). The molecule has 1 aliphatic rings. The third kappa shape index (κ3) is 4.78. The van der Waals surface area contributed by atoms with E-state index in [1.54, 1.807) is 6.33 Å². The minimum absolute atomic E-state index is 0.0924. The number of nitrogens with zero attached hydrogens (tertiary/aromatic N) is 3. The molecule has 1 aliphatic heterocycles. The monoisotopic (exact) mass is 439 g/mol. The number of hydrogen-bond donors (Lipinski definition) is 2. The molecule has 1 aromatic heterocycles. The van der Waals surface area contributed by atoms with E-state index in [1.807, 2.05) is 36.4 Å². The molecule has 0 aliphatic carbocycles. The van der Waals surface area contributed by atoms with Crippen molar-refractivity contribution in [2.75, 3.05) is 41.8 Å². The first-order chi connectivity index (χ1) is 16.2. The highest BCUT2D eigenvalue weighted by atomic mass is 16.5. The molecule has 7 nitrogen and oxygen atoms in total. The Morgan fingerprint density at radius 2 is 1.70 bits per heavy atom. The number of nitrogens with one attached hydrogen (secondary N) is 2. The SMILES string of the molecule is CC(=O)Nc1cccc(-c2ccc3ncnc(Nc4ccc(N5CCOCC5)cc4)c3c2)c1. The highest BCUT2D eigenvalue weighted by Crippen LogP contribution is 2.30. The normalized spacial score (nSPS) is 13.7. The van der Waals surface area contributed by atoms with Crippen molar-refractivity contribution in [3.63, 3.8) is 0 Å². The van der Waals surface area contributed by atoms with Crippen molar-refractivity contribution in [3.8, 4) is 11.1 Å². The number of rotatable bonds is 5. The van der Waals surface area contributed by atoms with Crippen molar-refractivity contribution >= 4 is 39.7 Å². The van der Waals surface area contributed by atoms with E-state index >= 15 is 0 Å². The number of carbonyl (C=O) groups excluding carboxylic acids is 1. The summed E-state index contributed by atoms with van der Waals surface area (Å²) in [6.45, 7) is 4.86. The molecule has 2 heterocycles. The van der Waals surface area contributed by atoms with Crippen molar-refractivity contribution in [2.45, 2.75) is 6.92 Å². The molecule has 33 heavy (non-hydrogen) atoms. The molecular weight excluding hydrogens is 414 g/mol. The fraction of sp³-hybridized carbons (Fsp3) is 0.192. The van der Waals surface area contributed by atoms with Crippen molar-refractivity contribution in [2.24, 2.45) is 0 Å². The second kappa shape index (κ2) is 9.26. The first-order valence-corrected chi connectivity index (χ1v) is 11.0. The number of aromatic nitrogens is 2. The maximum Gasteiger partial charge on any atom is 0.221 e. The van der Waals surface area contributed by atoms with Crippen LogP contribution in [-0.2, 0) is 9.53 Å². The minimum Gasteiger partial charge on any atom is -0.378 e. The van der Waals surface area contributed by atoms with Gasteiger partial charge in [-0.3, -0.25) is 4.79 Å². The van der Waals surface area contributed by atoms with Gasteiger partial charge in [-0.2, -0.15) is 0 Å². The van der Waals surface area contributed by atoms with E-state index in [1.165, 1.54) is 12.6 Å². The van der Waals surface area contributed by atoms with Gasteiger partial charge in [0.15, 0.2) is 0 Å². The van der Waals surface area contributed by atoms with Crippen LogP contribution in [0.5, 0.6) is 0 Å². The van der Waals surface area contributed by atoms with Crippen LogP contribution >= 0.6 is 0 Å². The Bertz CT molecular complexity index is 1280. The molecule has 1 saturated heterocycles. The summed E-state index contributed by atoms with van der Waals surface area (Å²) in [5.41, 5.74) is 5.81. The van der Waals surface area contributed by atoms with Crippen LogP contribution in [0, 0.1) is 0 Å². The molecule has 0 spiro atoms. The Hall–Kier alpha value is -3.97. The van der Waals surface area contributed by atoms with Crippen LogP contribution in [0.4, 0.5) is 22.9 Å². The molecule has 7 heteroatoms. The second-order valence-corrected chi connectivity index (χ2v) is 7.99. The topological polar surface area (TPSA) is 79.4 Å². The largest absolute Gasteiger partial charge is 0.378 e. The second-order valence-electron chi connectivity index (χ2n) is 7.99. The van der Waals surface area contributed by atoms with Crippen LogP contribution in [0.3, 0.4) is 0 Å². The average molecular weight is 440 g/mol. The Balaban J connectivity index is 1.42. The predicted molar refractivity (Wildman–Crippen MR) is 132 cm³/mol. The quantitative estimate of drug-likeness (QED) is 0.463. The Kier molecular flexibility index (Phi) is 5.87. The van der Waals surface area contributed by atoms with Gasteiger partial charge in [-0.25, -0.2) is 9.97 Å². The van der Waals surface area contributed by atoms with Crippen LogP contribution in [0.1, 0.15) is 6.92 Å². The number of morpholine rings is 1. The molecule has 0 unspecified atom stereocenters. The third-order valence-corrected chi connectivity index (χ3v) is 5.66. The van der Waals surface area contributed by atoms with Crippen LogP contribution in [0.25, 0.3) is 22.0 Å². The maximum atomic E-state index is 11.4. The fourth-order valence-electron chi connectivity index (χ4n) is 4.03. The van der Waals surface area contributed by atoms with Crippen LogP contribution in [0.15, 0.2) is 73.1 Å². The first kappa shape index (κ1) is 20.9. The molecule has 1 amide bonds. The van der Waals surface area contributed by atoms with Gasteiger partial charge in [0, 0.05) is 42.5 Å². The first-order valence-electron chi connectivity index (χ1n) is 11.0. The van der Waals surface area contributed by atoms with E-state index in [9.17, 15) is 4.79 Å². The summed E-state index contributed by atoms with van der Waals surface area (Å²) in [5.74, 6) is 0.657. The smallest absolute Gasteiger partial charge is 0.221 e. The van der Waals surface area contributed by atoms with Gasteiger partial charge >= 0.3 is 0 Å². The molecule has 0 atom stereocenters. The zero-order chi connectivity index (χ0) is 22.6. The number of amides is 1. The molecule has 166 valence electrons. The van der Waals surface area contributed by atoms with E-state index in [2.05, 4.69) is 55.8 Å². The van der Waals surface area contributed by atoms with Crippen molar-refractivity contribution < 1.29 is 9.53 Å². The fourth-order valence-corrected chi connectivity index (χ4v) is 4.03. The molecule has 5 rings (SSSR count). The van der Waals surface area contributed by atoms with Crippen LogP contribution in [0.2, 0.25) is 0 Å². The van der Waals surface area contributed by atoms with Gasteiger partial charge in [0.1, 0.15) is 12.1 Å². The molecule has 3 aromatic carbocycles. The van der Waals surface area contributed by atoms with Gasteiger partial charge in [0.2, 0.25) is 5.91 Å². The summed E-state index contributed by atoms with van der Waals surface area (Å²) < 4.78 is 5.44.